The molecule has 3 nitrogen and oxygen atoms in total. The van der Waals surface area contributed by atoms with E-state index >= 15 is 0 Å². The number of nitrogens with two attached hydrogens (primary N) is 1. The molecule has 0 spiro atoms. The summed E-state index contributed by atoms with van der Waals surface area (Å²) in [4.78, 5) is 8.74. The van der Waals surface area contributed by atoms with Gasteiger partial charge in [-0.05, 0) is 31.6 Å². The van der Waals surface area contributed by atoms with Crippen molar-refractivity contribution in [2.75, 3.05) is 11.4 Å². The van der Waals surface area contributed by atoms with E-state index in [0.717, 1.165) is 18.9 Å². The maximum absolute atomic E-state index is 5.87. The molecule has 0 aromatic carbocycles. The molecule has 4 heteroatoms. The number of hydrogen-bond donors (Lipinski definition) is 1. The molecule has 0 atom stereocenters. The fourth-order valence-corrected chi connectivity index (χ4v) is 4.10. The maximum Gasteiger partial charge on any atom is 0.186 e. The molecule has 0 aliphatic heterocycles. The van der Waals surface area contributed by atoms with Gasteiger partial charge in [-0.3, -0.25) is 0 Å². The molecule has 1 heterocycles. The van der Waals surface area contributed by atoms with Crippen molar-refractivity contribution in [2.45, 2.75) is 71.9 Å². The zero-order chi connectivity index (χ0) is 14.5. The van der Waals surface area contributed by atoms with Gasteiger partial charge in [0.25, 0.3) is 0 Å². The van der Waals surface area contributed by atoms with Gasteiger partial charge in [0.1, 0.15) is 0 Å². The van der Waals surface area contributed by atoms with Gasteiger partial charge in [-0.1, -0.05) is 33.6 Å². The smallest absolute Gasteiger partial charge is 0.186 e. The van der Waals surface area contributed by atoms with Crippen molar-refractivity contribution in [1.29, 1.82) is 0 Å². The summed E-state index contributed by atoms with van der Waals surface area (Å²) in [7, 11) is 0. The Kier molecular flexibility index (Phi) is 5.85. The highest BCUT2D eigenvalue weighted by Crippen LogP contribution is 2.33. The fraction of sp³-hybridized carbons (Fsp3) is 0.812. The Balaban J connectivity index is 2.17. The quantitative estimate of drug-likeness (QED) is 0.828. The van der Waals surface area contributed by atoms with Crippen molar-refractivity contribution >= 4 is 16.5 Å². The van der Waals surface area contributed by atoms with Gasteiger partial charge in [0.05, 0.1) is 5.69 Å². The number of aromatic nitrogens is 1. The zero-order valence-electron chi connectivity index (χ0n) is 13.2. The summed E-state index contributed by atoms with van der Waals surface area (Å²) in [6, 6.07) is 0.704. The molecule has 0 saturated heterocycles. The lowest BCUT2D eigenvalue weighted by atomic mass is 10.1. The lowest BCUT2D eigenvalue weighted by Crippen LogP contribution is -2.34. The van der Waals surface area contributed by atoms with Crippen LogP contribution in [0.3, 0.4) is 0 Å². The van der Waals surface area contributed by atoms with Gasteiger partial charge in [0, 0.05) is 24.0 Å². The summed E-state index contributed by atoms with van der Waals surface area (Å²) in [5.41, 5.74) is 7.08. The summed E-state index contributed by atoms with van der Waals surface area (Å²) in [6.07, 6.45) is 7.65. The first-order valence-corrected chi connectivity index (χ1v) is 8.92. The van der Waals surface area contributed by atoms with Crippen LogP contribution in [0.2, 0.25) is 0 Å². The first-order valence-electron chi connectivity index (χ1n) is 8.11. The average Bonchev–Trinajstić information content (AvgIpc) is 3.07. The fourth-order valence-electron chi connectivity index (χ4n) is 2.98. The van der Waals surface area contributed by atoms with Crippen molar-refractivity contribution in [3.63, 3.8) is 0 Å². The Morgan fingerprint density at radius 2 is 2.05 bits per heavy atom. The van der Waals surface area contributed by atoms with E-state index < -0.39 is 0 Å². The third-order valence-corrected chi connectivity index (χ3v) is 5.40. The van der Waals surface area contributed by atoms with Crippen LogP contribution in [0.1, 0.15) is 63.4 Å². The van der Waals surface area contributed by atoms with Gasteiger partial charge in [0.15, 0.2) is 5.13 Å². The Bertz CT molecular complexity index is 386. The summed E-state index contributed by atoms with van der Waals surface area (Å²) < 4.78 is 0. The Morgan fingerprint density at radius 3 is 2.55 bits per heavy atom. The number of thiazole rings is 1. The lowest BCUT2D eigenvalue weighted by Gasteiger charge is -2.29. The van der Waals surface area contributed by atoms with Gasteiger partial charge in [0.2, 0.25) is 0 Å². The predicted octanol–water partition coefficient (Wildman–Crippen LogP) is 3.96. The SMILES string of the molecule is CCc1nc(N(CCC(C)C)C2CCCC2)sc1CN. The van der Waals surface area contributed by atoms with Gasteiger partial charge < -0.3 is 10.6 Å². The third kappa shape index (κ3) is 3.73. The Hall–Kier alpha value is -0.610. The van der Waals surface area contributed by atoms with E-state index in [2.05, 4.69) is 25.7 Å². The largest absolute Gasteiger partial charge is 0.345 e. The summed E-state index contributed by atoms with van der Waals surface area (Å²) in [5, 5.41) is 1.22. The van der Waals surface area contributed by atoms with Gasteiger partial charge in [-0.2, -0.15) is 0 Å². The zero-order valence-corrected chi connectivity index (χ0v) is 14.0. The average molecular weight is 295 g/mol. The van der Waals surface area contributed by atoms with E-state index in [0.29, 0.717) is 12.6 Å². The first kappa shape index (κ1) is 15.8. The number of nitrogens with zero attached hydrogens (tertiary/aromatic N) is 2. The van der Waals surface area contributed by atoms with Crippen LogP contribution in [0.25, 0.3) is 0 Å². The van der Waals surface area contributed by atoms with E-state index in [1.165, 1.54) is 47.8 Å². The molecule has 2 rings (SSSR count). The first-order chi connectivity index (χ1) is 9.65. The summed E-state index contributed by atoms with van der Waals surface area (Å²) in [6.45, 7) is 8.55. The van der Waals surface area contributed by atoms with Crippen LogP contribution >= 0.6 is 11.3 Å². The molecule has 114 valence electrons. The van der Waals surface area contributed by atoms with Crippen LogP contribution in [0.4, 0.5) is 5.13 Å². The van der Waals surface area contributed by atoms with Crippen molar-refractivity contribution in [3.8, 4) is 0 Å². The summed E-state index contributed by atoms with van der Waals surface area (Å²) >= 11 is 1.82. The number of aryl methyl sites for hydroxylation is 1. The number of rotatable bonds is 7. The minimum absolute atomic E-state index is 0.628. The molecule has 1 aliphatic carbocycles. The lowest BCUT2D eigenvalue weighted by molar-refractivity contribution is 0.527. The van der Waals surface area contributed by atoms with Crippen LogP contribution in [-0.2, 0) is 13.0 Å². The second-order valence-electron chi connectivity index (χ2n) is 6.24. The number of hydrogen-bond acceptors (Lipinski definition) is 4. The van der Waals surface area contributed by atoms with Crippen molar-refractivity contribution < 1.29 is 0 Å². The molecule has 0 amide bonds. The standard InChI is InChI=1S/C16H29N3S/c1-4-14-15(11-17)20-16(18-14)19(10-9-12(2)3)13-7-5-6-8-13/h12-13H,4-11,17H2,1-3H3. The highest BCUT2D eigenvalue weighted by molar-refractivity contribution is 7.15. The van der Waals surface area contributed by atoms with Crippen LogP contribution < -0.4 is 10.6 Å². The topological polar surface area (TPSA) is 42.2 Å². The Labute approximate surface area is 127 Å². The third-order valence-electron chi connectivity index (χ3n) is 4.25. The molecule has 2 N–H and O–H groups in total. The van der Waals surface area contributed by atoms with E-state index in [9.17, 15) is 0 Å². The minimum atomic E-state index is 0.628. The molecule has 1 aromatic heterocycles. The molecule has 1 aliphatic rings. The van der Waals surface area contributed by atoms with Crippen molar-refractivity contribution in [2.24, 2.45) is 11.7 Å². The van der Waals surface area contributed by atoms with E-state index in [4.69, 9.17) is 10.7 Å². The van der Waals surface area contributed by atoms with Crippen LogP contribution in [0.5, 0.6) is 0 Å². The van der Waals surface area contributed by atoms with Crippen LogP contribution in [-0.4, -0.2) is 17.6 Å². The van der Waals surface area contributed by atoms with Crippen molar-refractivity contribution in [1.82, 2.24) is 4.98 Å². The molecular formula is C16H29N3S. The maximum atomic E-state index is 5.87. The molecular weight excluding hydrogens is 266 g/mol. The van der Waals surface area contributed by atoms with Gasteiger partial charge in [-0.25, -0.2) is 4.98 Å². The second-order valence-corrected chi connectivity index (χ2v) is 7.30. The van der Waals surface area contributed by atoms with Gasteiger partial charge in [-0.15, -0.1) is 11.3 Å². The minimum Gasteiger partial charge on any atom is -0.345 e. The molecule has 0 unspecified atom stereocenters. The Morgan fingerprint density at radius 1 is 1.35 bits per heavy atom. The van der Waals surface area contributed by atoms with Crippen LogP contribution in [0, 0.1) is 5.92 Å². The monoisotopic (exact) mass is 295 g/mol. The van der Waals surface area contributed by atoms with E-state index in [1.54, 1.807) is 0 Å². The van der Waals surface area contributed by atoms with E-state index in [1.807, 2.05) is 11.3 Å². The molecule has 1 fully saturated rings. The molecule has 20 heavy (non-hydrogen) atoms. The second kappa shape index (κ2) is 7.41. The molecule has 0 bridgehead atoms. The molecule has 1 aromatic rings. The molecule has 0 radical (unpaired) electrons. The van der Waals surface area contributed by atoms with Crippen molar-refractivity contribution in [3.05, 3.63) is 10.6 Å². The highest BCUT2D eigenvalue weighted by atomic mass is 32.1. The number of anilines is 1. The predicted molar refractivity (Wildman–Crippen MR) is 88.4 cm³/mol. The normalized spacial score (nSPS) is 16.2. The summed E-state index contributed by atoms with van der Waals surface area (Å²) in [5.74, 6) is 0.749. The highest BCUT2D eigenvalue weighted by Gasteiger charge is 2.25. The van der Waals surface area contributed by atoms with E-state index in [-0.39, 0.29) is 0 Å². The molecule has 1 saturated carbocycles. The van der Waals surface area contributed by atoms with Gasteiger partial charge >= 0.3 is 0 Å². The van der Waals surface area contributed by atoms with Crippen LogP contribution in [0.15, 0.2) is 0 Å².